The Labute approximate surface area is 101 Å². The number of rotatable bonds is 1. The van der Waals surface area contributed by atoms with Gasteiger partial charge in [-0.05, 0) is 12.3 Å². The molecule has 1 saturated carbocycles. The van der Waals surface area contributed by atoms with Gasteiger partial charge >= 0.3 is 6.09 Å². The Balaban J connectivity index is 0.000000686. The van der Waals surface area contributed by atoms with E-state index in [4.69, 9.17) is 4.74 Å². The average molecular weight is 249 g/mol. The lowest BCUT2D eigenvalue weighted by atomic mass is 9.91. The molecule has 1 heterocycles. The Hall–Kier alpha value is -0.870. The van der Waals surface area contributed by atoms with Gasteiger partial charge in [-0.3, -0.25) is 0 Å². The van der Waals surface area contributed by atoms with Crippen LogP contribution in [0, 0.1) is 5.92 Å². The first-order chi connectivity index (χ1) is 7.96. The number of hydrogen-bond acceptors (Lipinski definition) is 2. The lowest BCUT2D eigenvalue weighted by Crippen LogP contribution is -2.44. The highest BCUT2D eigenvalue weighted by molar-refractivity contribution is 5.68. The molecule has 0 spiro atoms. The molecule has 1 saturated heterocycles. The van der Waals surface area contributed by atoms with E-state index >= 15 is 0 Å². The normalized spacial score (nSPS) is 26.9. The first-order valence-corrected chi connectivity index (χ1v) is 6.30. The van der Waals surface area contributed by atoms with E-state index < -0.39 is 18.1 Å². The van der Waals surface area contributed by atoms with Crippen LogP contribution in [0.4, 0.5) is 13.6 Å². The van der Waals surface area contributed by atoms with Crippen LogP contribution in [0.15, 0.2) is 0 Å². The van der Waals surface area contributed by atoms with Gasteiger partial charge in [0.25, 0.3) is 5.92 Å². The standard InChI is InChI=1S/C10H15F2NO2.C2H6/c1-7-2-3-13(6-7)9(14)15-8-4-10(11,12)5-8;1-2/h7-8H,2-6H2,1H3;1-2H3. The van der Waals surface area contributed by atoms with Gasteiger partial charge in [0.15, 0.2) is 0 Å². The van der Waals surface area contributed by atoms with Crippen LogP contribution in [0.25, 0.3) is 0 Å². The van der Waals surface area contributed by atoms with E-state index in [9.17, 15) is 13.6 Å². The molecule has 2 aliphatic rings. The summed E-state index contributed by atoms with van der Waals surface area (Å²) in [6.07, 6.45) is -0.677. The molecule has 2 fully saturated rings. The molecule has 17 heavy (non-hydrogen) atoms. The third-order valence-electron chi connectivity index (χ3n) is 3.00. The molecule has 3 nitrogen and oxygen atoms in total. The molecule has 1 amide bonds. The van der Waals surface area contributed by atoms with Gasteiger partial charge in [-0.25, -0.2) is 13.6 Å². The molecule has 5 heteroatoms. The molecule has 0 N–H and O–H groups in total. The van der Waals surface area contributed by atoms with Gasteiger partial charge in [0.2, 0.25) is 0 Å². The van der Waals surface area contributed by atoms with E-state index in [1.54, 1.807) is 4.90 Å². The van der Waals surface area contributed by atoms with Crippen molar-refractivity contribution in [2.75, 3.05) is 13.1 Å². The van der Waals surface area contributed by atoms with Crippen LogP contribution in [0.1, 0.15) is 40.0 Å². The molecule has 0 radical (unpaired) electrons. The van der Waals surface area contributed by atoms with Crippen molar-refractivity contribution < 1.29 is 18.3 Å². The minimum Gasteiger partial charge on any atom is -0.446 e. The summed E-state index contributed by atoms with van der Waals surface area (Å²) in [6.45, 7) is 7.43. The number of alkyl halides is 2. The lowest BCUT2D eigenvalue weighted by molar-refractivity contribution is -0.147. The number of nitrogens with zero attached hydrogens (tertiary/aromatic N) is 1. The third-order valence-corrected chi connectivity index (χ3v) is 3.00. The number of halogens is 2. The highest BCUT2D eigenvalue weighted by atomic mass is 19.3. The number of ether oxygens (including phenoxy) is 1. The molecule has 0 aromatic rings. The van der Waals surface area contributed by atoms with Crippen LogP contribution in [-0.4, -0.2) is 36.1 Å². The average Bonchev–Trinajstić information content (AvgIpc) is 2.65. The van der Waals surface area contributed by atoms with Crippen LogP contribution < -0.4 is 0 Å². The molecule has 1 aliphatic carbocycles. The monoisotopic (exact) mass is 249 g/mol. The maximum atomic E-state index is 12.5. The second-order valence-electron chi connectivity index (χ2n) is 4.61. The fourth-order valence-electron chi connectivity index (χ4n) is 2.01. The van der Waals surface area contributed by atoms with Gasteiger partial charge < -0.3 is 9.64 Å². The van der Waals surface area contributed by atoms with Gasteiger partial charge in [0.1, 0.15) is 6.10 Å². The van der Waals surface area contributed by atoms with Crippen LogP contribution in [0.3, 0.4) is 0 Å². The molecular formula is C12H21F2NO2. The van der Waals surface area contributed by atoms with Crippen molar-refractivity contribution in [1.29, 1.82) is 0 Å². The fraction of sp³-hybridized carbons (Fsp3) is 0.917. The highest BCUT2D eigenvalue weighted by Gasteiger charge is 2.48. The summed E-state index contributed by atoms with van der Waals surface area (Å²) in [5.74, 6) is -2.14. The summed E-state index contributed by atoms with van der Waals surface area (Å²) in [7, 11) is 0. The molecule has 0 bridgehead atoms. The van der Waals surface area contributed by atoms with Crippen LogP contribution in [0.2, 0.25) is 0 Å². The zero-order valence-corrected chi connectivity index (χ0v) is 10.7. The zero-order chi connectivity index (χ0) is 13.1. The van der Waals surface area contributed by atoms with Crippen molar-refractivity contribution in [3.05, 3.63) is 0 Å². The van der Waals surface area contributed by atoms with Crippen molar-refractivity contribution in [1.82, 2.24) is 4.90 Å². The van der Waals surface area contributed by atoms with Crippen molar-refractivity contribution in [2.45, 2.75) is 52.1 Å². The molecule has 1 unspecified atom stereocenters. The van der Waals surface area contributed by atoms with Crippen LogP contribution in [-0.2, 0) is 4.74 Å². The maximum absolute atomic E-state index is 12.5. The number of amides is 1. The molecule has 0 aromatic carbocycles. The second kappa shape index (κ2) is 5.65. The Morgan fingerprint density at radius 3 is 2.35 bits per heavy atom. The molecule has 100 valence electrons. The number of carbonyl (C=O) groups is 1. The minimum atomic E-state index is -2.62. The van der Waals surface area contributed by atoms with Gasteiger partial charge in [0.05, 0.1) is 0 Å². The minimum absolute atomic E-state index is 0.317. The summed E-state index contributed by atoms with van der Waals surface area (Å²) in [5, 5.41) is 0. The molecule has 1 aliphatic heterocycles. The number of carbonyl (C=O) groups excluding carboxylic acids is 1. The van der Waals surface area contributed by atoms with Crippen LogP contribution in [0.5, 0.6) is 0 Å². The lowest BCUT2D eigenvalue weighted by Gasteiger charge is -2.35. The van der Waals surface area contributed by atoms with Gasteiger partial charge in [-0.2, -0.15) is 0 Å². The van der Waals surface area contributed by atoms with Crippen molar-refractivity contribution >= 4 is 6.09 Å². The first-order valence-electron chi connectivity index (χ1n) is 6.30. The van der Waals surface area contributed by atoms with Gasteiger partial charge in [0, 0.05) is 25.9 Å². The van der Waals surface area contributed by atoms with E-state index in [1.807, 2.05) is 13.8 Å². The SMILES string of the molecule is CC.CC1CCN(C(=O)OC2CC(F)(F)C2)C1. The Bertz CT molecular complexity index is 263. The van der Waals surface area contributed by atoms with Crippen LogP contribution >= 0.6 is 0 Å². The maximum Gasteiger partial charge on any atom is 0.410 e. The number of hydrogen-bond donors (Lipinski definition) is 0. The van der Waals surface area contributed by atoms with E-state index in [0.29, 0.717) is 19.0 Å². The predicted molar refractivity (Wildman–Crippen MR) is 61.2 cm³/mol. The van der Waals surface area contributed by atoms with E-state index in [-0.39, 0.29) is 12.8 Å². The van der Waals surface area contributed by atoms with Crippen molar-refractivity contribution in [2.24, 2.45) is 5.92 Å². The first kappa shape index (κ1) is 14.2. The second-order valence-corrected chi connectivity index (χ2v) is 4.61. The summed E-state index contributed by atoms with van der Waals surface area (Å²) >= 11 is 0. The Morgan fingerprint density at radius 2 is 1.94 bits per heavy atom. The van der Waals surface area contributed by atoms with Crippen molar-refractivity contribution in [3.63, 3.8) is 0 Å². The van der Waals surface area contributed by atoms with E-state index in [0.717, 1.165) is 6.42 Å². The topological polar surface area (TPSA) is 29.5 Å². The Kier molecular flexibility index (Phi) is 4.71. The van der Waals surface area contributed by atoms with E-state index in [2.05, 4.69) is 6.92 Å². The van der Waals surface area contributed by atoms with E-state index in [1.165, 1.54) is 0 Å². The summed E-state index contributed by atoms with van der Waals surface area (Å²) in [4.78, 5) is 13.1. The zero-order valence-electron chi connectivity index (χ0n) is 10.7. The molecular weight excluding hydrogens is 228 g/mol. The molecule has 0 aromatic heterocycles. The highest BCUT2D eigenvalue weighted by Crippen LogP contribution is 2.39. The van der Waals surface area contributed by atoms with Crippen molar-refractivity contribution in [3.8, 4) is 0 Å². The fourth-order valence-corrected chi connectivity index (χ4v) is 2.01. The summed E-state index contributed by atoms with van der Waals surface area (Å²) < 4.78 is 29.9. The quantitative estimate of drug-likeness (QED) is 0.713. The predicted octanol–water partition coefficient (Wildman–Crippen LogP) is 3.29. The smallest absolute Gasteiger partial charge is 0.410 e. The largest absolute Gasteiger partial charge is 0.446 e. The summed E-state index contributed by atoms with van der Waals surface area (Å²) in [6, 6.07) is 0. The van der Waals surface area contributed by atoms with Gasteiger partial charge in [-0.1, -0.05) is 20.8 Å². The summed E-state index contributed by atoms with van der Waals surface area (Å²) in [5.41, 5.74) is 0. The third kappa shape index (κ3) is 3.82. The Morgan fingerprint density at radius 1 is 1.35 bits per heavy atom. The van der Waals surface area contributed by atoms with Gasteiger partial charge in [-0.15, -0.1) is 0 Å². The number of likely N-dealkylation sites (tertiary alicyclic amines) is 1. The molecule has 2 rings (SSSR count). The molecule has 1 atom stereocenters.